The fraction of sp³-hybridized carbons (Fsp3) is 0.714. The van der Waals surface area contributed by atoms with Crippen molar-refractivity contribution in [2.24, 2.45) is 5.92 Å². The van der Waals surface area contributed by atoms with Crippen molar-refractivity contribution in [3.63, 3.8) is 0 Å². The summed E-state index contributed by atoms with van der Waals surface area (Å²) >= 11 is 0. The molecule has 4 heteroatoms. The molecule has 0 saturated heterocycles. The molecule has 0 amide bonds. The molecule has 0 aromatic carbocycles. The van der Waals surface area contributed by atoms with Crippen LogP contribution in [-0.4, -0.2) is 16.0 Å². The van der Waals surface area contributed by atoms with E-state index in [1.807, 2.05) is 13.8 Å². The van der Waals surface area contributed by atoms with Crippen molar-refractivity contribution in [3.05, 3.63) is 11.4 Å². The fourth-order valence-corrected chi connectivity index (χ4v) is 1.93. The minimum Gasteiger partial charge on any atom is -0.383 e. The Kier molecular flexibility index (Phi) is 5.38. The van der Waals surface area contributed by atoms with Crippen LogP contribution in [0.15, 0.2) is 0 Å². The largest absolute Gasteiger partial charge is 0.383 e. The molecular weight excluding hydrogens is 224 g/mol. The van der Waals surface area contributed by atoms with Crippen LogP contribution in [-0.2, 0) is 0 Å². The van der Waals surface area contributed by atoms with Crippen molar-refractivity contribution >= 4 is 11.6 Å². The first-order valence-electron chi connectivity index (χ1n) is 6.77. The molecule has 0 fully saturated rings. The Balaban J connectivity index is 2.56. The lowest BCUT2D eigenvalue weighted by molar-refractivity contribution is 0.520. The second kappa shape index (κ2) is 6.57. The summed E-state index contributed by atoms with van der Waals surface area (Å²) < 4.78 is 0. The first-order chi connectivity index (χ1) is 8.40. The lowest BCUT2D eigenvalue weighted by Crippen LogP contribution is -2.18. The van der Waals surface area contributed by atoms with E-state index in [1.54, 1.807) is 0 Å². The van der Waals surface area contributed by atoms with Crippen molar-refractivity contribution in [3.8, 4) is 0 Å². The van der Waals surface area contributed by atoms with Gasteiger partial charge in [0.05, 0.1) is 0 Å². The number of rotatable bonds is 6. The van der Waals surface area contributed by atoms with Gasteiger partial charge < -0.3 is 11.1 Å². The van der Waals surface area contributed by atoms with Gasteiger partial charge in [0, 0.05) is 11.6 Å². The van der Waals surface area contributed by atoms with Crippen molar-refractivity contribution in [2.75, 3.05) is 11.1 Å². The number of nitrogens with one attached hydrogen (secondary N) is 1. The summed E-state index contributed by atoms with van der Waals surface area (Å²) in [7, 11) is 0. The molecule has 0 saturated carbocycles. The number of nitrogens with two attached hydrogens (primary N) is 1. The predicted octanol–water partition coefficient (Wildman–Crippen LogP) is 3.30. The lowest BCUT2D eigenvalue weighted by Gasteiger charge is -2.17. The molecular formula is C14H26N4. The van der Waals surface area contributed by atoms with Gasteiger partial charge in [0.25, 0.3) is 0 Å². The van der Waals surface area contributed by atoms with Crippen LogP contribution >= 0.6 is 0 Å². The van der Waals surface area contributed by atoms with Gasteiger partial charge in [-0.15, -0.1) is 0 Å². The standard InChI is InChI=1S/C14H26N4/c1-9(2)7-6-8-10(3)16-14-11(4)13(15)17-12(5)18-14/h9-10H,6-8H2,1-5H3,(H3,15,16,17,18). The summed E-state index contributed by atoms with van der Waals surface area (Å²) in [6, 6.07) is 0.413. The molecule has 0 spiro atoms. The van der Waals surface area contributed by atoms with Gasteiger partial charge in [-0.25, -0.2) is 9.97 Å². The summed E-state index contributed by atoms with van der Waals surface area (Å²) in [4.78, 5) is 8.57. The van der Waals surface area contributed by atoms with Gasteiger partial charge in [0.1, 0.15) is 17.5 Å². The number of nitrogen functional groups attached to an aromatic ring is 1. The Morgan fingerprint density at radius 1 is 1.11 bits per heavy atom. The van der Waals surface area contributed by atoms with Crippen molar-refractivity contribution in [1.29, 1.82) is 0 Å². The van der Waals surface area contributed by atoms with Crippen LogP contribution in [0.1, 0.15) is 51.4 Å². The van der Waals surface area contributed by atoms with Crippen molar-refractivity contribution < 1.29 is 0 Å². The monoisotopic (exact) mass is 250 g/mol. The fourth-order valence-electron chi connectivity index (χ4n) is 1.93. The minimum absolute atomic E-state index is 0.413. The molecule has 1 aromatic rings. The Labute approximate surface area is 110 Å². The normalized spacial score (nSPS) is 12.8. The zero-order valence-corrected chi connectivity index (χ0v) is 12.2. The maximum Gasteiger partial charge on any atom is 0.134 e. The number of aromatic nitrogens is 2. The minimum atomic E-state index is 0.413. The second-order valence-corrected chi connectivity index (χ2v) is 5.50. The van der Waals surface area contributed by atoms with Crippen LogP contribution in [0, 0.1) is 19.8 Å². The number of anilines is 2. The molecule has 3 N–H and O–H groups in total. The van der Waals surface area contributed by atoms with Gasteiger partial charge in [-0.3, -0.25) is 0 Å². The molecule has 4 nitrogen and oxygen atoms in total. The molecule has 0 bridgehead atoms. The van der Waals surface area contributed by atoms with E-state index >= 15 is 0 Å². The third kappa shape index (κ3) is 4.51. The Hall–Kier alpha value is -1.32. The van der Waals surface area contributed by atoms with Gasteiger partial charge in [-0.05, 0) is 33.1 Å². The van der Waals surface area contributed by atoms with Crippen LogP contribution in [0.4, 0.5) is 11.6 Å². The smallest absolute Gasteiger partial charge is 0.134 e. The van der Waals surface area contributed by atoms with Crippen LogP contribution in [0.2, 0.25) is 0 Å². The van der Waals surface area contributed by atoms with Crippen LogP contribution in [0.3, 0.4) is 0 Å². The van der Waals surface area contributed by atoms with E-state index in [2.05, 4.69) is 36.1 Å². The summed E-state index contributed by atoms with van der Waals surface area (Å²) in [6.45, 7) is 10.5. The van der Waals surface area contributed by atoms with Gasteiger partial charge in [-0.2, -0.15) is 0 Å². The number of nitrogens with zero attached hydrogens (tertiary/aromatic N) is 2. The number of hydrogen-bond donors (Lipinski definition) is 2. The van der Waals surface area contributed by atoms with Crippen molar-refractivity contribution in [1.82, 2.24) is 9.97 Å². The first-order valence-corrected chi connectivity index (χ1v) is 6.77. The topological polar surface area (TPSA) is 63.8 Å². The molecule has 102 valence electrons. The Morgan fingerprint density at radius 3 is 2.39 bits per heavy atom. The molecule has 1 unspecified atom stereocenters. The highest BCUT2D eigenvalue weighted by Crippen LogP contribution is 2.19. The van der Waals surface area contributed by atoms with Crippen LogP contribution in [0.25, 0.3) is 0 Å². The van der Waals surface area contributed by atoms with E-state index in [-0.39, 0.29) is 0 Å². The third-order valence-corrected chi connectivity index (χ3v) is 3.10. The molecule has 0 aliphatic carbocycles. The lowest BCUT2D eigenvalue weighted by atomic mass is 10.0. The van der Waals surface area contributed by atoms with Gasteiger partial charge >= 0.3 is 0 Å². The van der Waals surface area contributed by atoms with E-state index in [4.69, 9.17) is 5.73 Å². The summed E-state index contributed by atoms with van der Waals surface area (Å²) in [5.74, 6) is 2.93. The van der Waals surface area contributed by atoms with E-state index in [1.165, 1.54) is 12.8 Å². The molecule has 1 heterocycles. The van der Waals surface area contributed by atoms with E-state index in [9.17, 15) is 0 Å². The average Bonchev–Trinajstić information content (AvgIpc) is 2.24. The molecule has 1 rings (SSSR count). The quantitative estimate of drug-likeness (QED) is 0.813. The highest BCUT2D eigenvalue weighted by Gasteiger charge is 2.09. The summed E-state index contributed by atoms with van der Waals surface area (Å²) in [5, 5.41) is 3.43. The molecule has 0 aliphatic heterocycles. The number of aryl methyl sites for hydroxylation is 1. The maximum atomic E-state index is 5.85. The van der Waals surface area contributed by atoms with E-state index < -0.39 is 0 Å². The Bertz CT molecular complexity index is 388. The average molecular weight is 250 g/mol. The third-order valence-electron chi connectivity index (χ3n) is 3.10. The molecule has 1 aromatic heterocycles. The maximum absolute atomic E-state index is 5.85. The molecule has 0 aliphatic rings. The SMILES string of the molecule is Cc1nc(N)c(C)c(NC(C)CCCC(C)C)n1. The van der Waals surface area contributed by atoms with Gasteiger partial charge in [0.15, 0.2) is 0 Å². The van der Waals surface area contributed by atoms with E-state index in [0.29, 0.717) is 11.9 Å². The molecule has 0 radical (unpaired) electrons. The molecule has 18 heavy (non-hydrogen) atoms. The summed E-state index contributed by atoms with van der Waals surface area (Å²) in [6.07, 6.45) is 3.67. The predicted molar refractivity (Wildman–Crippen MR) is 77.7 cm³/mol. The number of hydrogen-bond acceptors (Lipinski definition) is 4. The second-order valence-electron chi connectivity index (χ2n) is 5.50. The Morgan fingerprint density at radius 2 is 1.78 bits per heavy atom. The highest BCUT2D eigenvalue weighted by molar-refractivity contribution is 5.55. The van der Waals surface area contributed by atoms with Crippen LogP contribution in [0.5, 0.6) is 0 Å². The van der Waals surface area contributed by atoms with Crippen LogP contribution < -0.4 is 11.1 Å². The molecule has 1 atom stereocenters. The van der Waals surface area contributed by atoms with Crippen molar-refractivity contribution in [2.45, 2.75) is 59.9 Å². The zero-order chi connectivity index (χ0) is 13.7. The zero-order valence-electron chi connectivity index (χ0n) is 12.2. The van der Waals surface area contributed by atoms with Gasteiger partial charge in [-0.1, -0.05) is 26.7 Å². The summed E-state index contributed by atoms with van der Waals surface area (Å²) in [5.41, 5.74) is 6.79. The highest BCUT2D eigenvalue weighted by atomic mass is 15.1. The first kappa shape index (κ1) is 14.7. The van der Waals surface area contributed by atoms with E-state index in [0.717, 1.165) is 29.5 Å². The van der Waals surface area contributed by atoms with Gasteiger partial charge in [0.2, 0.25) is 0 Å².